The standard InChI is InChI=1S/C22H23F2N5O2/c1-14(17-3-2-15(10-25)18(23)19(17)24)28-21-26-11-16(12-27-21)20(30)29-7-4-22(13-29)5-8-31-9-6-22/h2-3,11-12,14H,4-9,13H2,1H3,(H,26,27,28). The molecule has 2 aliphatic heterocycles. The molecule has 1 atom stereocenters. The van der Waals surface area contributed by atoms with E-state index >= 15 is 0 Å². The van der Waals surface area contributed by atoms with Crippen LogP contribution >= 0.6 is 0 Å². The zero-order valence-electron chi connectivity index (χ0n) is 17.2. The number of ether oxygens (including phenoxy) is 1. The zero-order valence-corrected chi connectivity index (χ0v) is 17.2. The van der Waals surface area contributed by atoms with Crippen molar-refractivity contribution in [3.05, 3.63) is 52.9 Å². The summed E-state index contributed by atoms with van der Waals surface area (Å²) in [4.78, 5) is 23.0. The van der Waals surface area contributed by atoms with Crippen LogP contribution in [0, 0.1) is 28.4 Å². The molecule has 7 nitrogen and oxygen atoms in total. The molecule has 0 radical (unpaired) electrons. The number of anilines is 1. The number of nitrogens with zero attached hydrogens (tertiary/aromatic N) is 4. The summed E-state index contributed by atoms with van der Waals surface area (Å²) < 4.78 is 33.6. The number of aromatic nitrogens is 2. The van der Waals surface area contributed by atoms with Crippen LogP contribution in [0.2, 0.25) is 0 Å². The smallest absolute Gasteiger partial charge is 0.257 e. The van der Waals surface area contributed by atoms with Gasteiger partial charge in [0.1, 0.15) is 6.07 Å². The molecular weight excluding hydrogens is 404 g/mol. The largest absolute Gasteiger partial charge is 0.381 e. The number of carbonyl (C=O) groups excluding carboxylic acids is 1. The summed E-state index contributed by atoms with van der Waals surface area (Å²) >= 11 is 0. The van der Waals surface area contributed by atoms with Gasteiger partial charge in [0.05, 0.1) is 17.2 Å². The first-order valence-electron chi connectivity index (χ1n) is 10.3. The summed E-state index contributed by atoms with van der Waals surface area (Å²) in [5.74, 6) is -2.18. The molecule has 4 rings (SSSR count). The summed E-state index contributed by atoms with van der Waals surface area (Å²) in [7, 11) is 0. The quantitative estimate of drug-likeness (QED) is 0.804. The number of amides is 1. The topological polar surface area (TPSA) is 91.1 Å². The Balaban J connectivity index is 1.41. The van der Waals surface area contributed by atoms with E-state index in [9.17, 15) is 13.6 Å². The molecule has 1 unspecified atom stereocenters. The highest BCUT2D eigenvalue weighted by Gasteiger charge is 2.41. The number of rotatable bonds is 4. The van der Waals surface area contributed by atoms with Crippen LogP contribution in [0.4, 0.5) is 14.7 Å². The molecule has 1 spiro atoms. The molecule has 0 aliphatic carbocycles. The number of nitrogens with one attached hydrogen (secondary N) is 1. The average Bonchev–Trinajstić information content (AvgIpc) is 3.19. The summed E-state index contributed by atoms with van der Waals surface area (Å²) in [6.07, 6.45) is 5.80. The summed E-state index contributed by atoms with van der Waals surface area (Å²) in [6, 6.07) is 3.55. The minimum absolute atomic E-state index is 0.0547. The Morgan fingerprint density at radius 3 is 2.61 bits per heavy atom. The molecule has 3 heterocycles. The number of hydrogen-bond acceptors (Lipinski definition) is 6. The van der Waals surface area contributed by atoms with E-state index in [1.807, 2.05) is 4.90 Å². The highest BCUT2D eigenvalue weighted by atomic mass is 19.2. The Morgan fingerprint density at radius 2 is 1.94 bits per heavy atom. The second-order valence-electron chi connectivity index (χ2n) is 8.19. The first-order valence-corrected chi connectivity index (χ1v) is 10.3. The molecule has 1 aromatic carbocycles. The Morgan fingerprint density at radius 1 is 1.23 bits per heavy atom. The summed E-state index contributed by atoms with van der Waals surface area (Å²) in [5, 5.41) is 11.7. The van der Waals surface area contributed by atoms with Crippen LogP contribution in [-0.4, -0.2) is 47.1 Å². The van der Waals surface area contributed by atoms with Crippen molar-refractivity contribution in [1.82, 2.24) is 14.9 Å². The van der Waals surface area contributed by atoms with Crippen LogP contribution < -0.4 is 5.32 Å². The Kier molecular flexibility index (Phi) is 5.83. The van der Waals surface area contributed by atoms with Gasteiger partial charge in [0.2, 0.25) is 5.95 Å². The van der Waals surface area contributed by atoms with E-state index in [0.29, 0.717) is 12.1 Å². The molecular formula is C22H23F2N5O2. The molecule has 0 bridgehead atoms. The van der Waals surface area contributed by atoms with E-state index in [-0.39, 0.29) is 28.4 Å². The van der Waals surface area contributed by atoms with Crippen molar-refractivity contribution >= 4 is 11.9 Å². The van der Waals surface area contributed by atoms with Crippen molar-refractivity contribution in [3.8, 4) is 6.07 Å². The van der Waals surface area contributed by atoms with E-state index in [1.165, 1.54) is 24.5 Å². The summed E-state index contributed by atoms with van der Waals surface area (Å²) in [6.45, 7) is 4.54. The highest BCUT2D eigenvalue weighted by Crippen LogP contribution is 2.40. The van der Waals surface area contributed by atoms with Crippen LogP contribution in [0.15, 0.2) is 24.5 Å². The SMILES string of the molecule is CC(Nc1ncc(C(=O)N2CCC3(CCOCC3)C2)cn1)c1ccc(C#N)c(F)c1F. The fourth-order valence-electron chi connectivity index (χ4n) is 4.27. The third kappa shape index (κ3) is 4.21. The van der Waals surface area contributed by atoms with E-state index in [1.54, 1.807) is 13.0 Å². The molecule has 1 amide bonds. The molecule has 1 aromatic heterocycles. The van der Waals surface area contributed by atoms with Gasteiger partial charge in [-0.1, -0.05) is 6.07 Å². The van der Waals surface area contributed by atoms with E-state index in [4.69, 9.17) is 10.00 Å². The maximum Gasteiger partial charge on any atom is 0.257 e. The summed E-state index contributed by atoms with van der Waals surface area (Å²) in [5.41, 5.74) is 0.251. The maximum atomic E-state index is 14.2. The number of carbonyl (C=O) groups is 1. The Bertz CT molecular complexity index is 1020. The number of benzene rings is 1. The fourth-order valence-corrected chi connectivity index (χ4v) is 4.27. The molecule has 2 aromatic rings. The number of halogens is 2. The van der Waals surface area contributed by atoms with Crippen molar-refractivity contribution in [2.75, 3.05) is 31.6 Å². The van der Waals surface area contributed by atoms with Gasteiger partial charge in [-0.05, 0) is 37.7 Å². The van der Waals surface area contributed by atoms with Crippen molar-refractivity contribution in [3.63, 3.8) is 0 Å². The lowest BCUT2D eigenvalue weighted by Gasteiger charge is -2.33. The molecule has 2 fully saturated rings. The van der Waals surface area contributed by atoms with Crippen LogP contribution in [0.5, 0.6) is 0 Å². The number of likely N-dealkylation sites (tertiary alicyclic amines) is 1. The van der Waals surface area contributed by atoms with E-state index < -0.39 is 17.7 Å². The molecule has 162 valence electrons. The van der Waals surface area contributed by atoms with Crippen LogP contribution in [0.25, 0.3) is 0 Å². The van der Waals surface area contributed by atoms with Crippen LogP contribution in [0.1, 0.15) is 53.7 Å². The predicted octanol–water partition coefficient (Wildman–Crippen LogP) is 3.44. The first kappa shape index (κ1) is 21.1. The van der Waals surface area contributed by atoms with Gasteiger partial charge < -0.3 is 15.0 Å². The first-order chi connectivity index (χ1) is 14.9. The van der Waals surface area contributed by atoms with Crippen molar-refractivity contribution < 1.29 is 18.3 Å². The Hall–Kier alpha value is -3.12. The molecule has 31 heavy (non-hydrogen) atoms. The number of nitriles is 1. The Labute approximate surface area is 179 Å². The van der Waals surface area contributed by atoms with Gasteiger partial charge in [0.25, 0.3) is 5.91 Å². The van der Waals surface area contributed by atoms with Gasteiger partial charge in [-0.3, -0.25) is 4.79 Å². The minimum Gasteiger partial charge on any atom is -0.381 e. The maximum absolute atomic E-state index is 14.2. The fraction of sp³-hybridized carbons (Fsp3) is 0.455. The third-order valence-corrected chi connectivity index (χ3v) is 6.22. The van der Waals surface area contributed by atoms with Gasteiger partial charge in [-0.25, -0.2) is 18.7 Å². The lowest BCUT2D eigenvalue weighted by molar-refractivity contribution is 0.0191. The predicted molar refractivity (Wildman–Crippen MR) is 108 cm³/mol. The van der Waals surface area contributed by atoms with Gasteiger partial charge in [-0.2, -0.15) is 5.26 Å². The third-order valence-electron chi connectivity index (χ3n) is 6.22. The van der Waals surface area contributed by atoms with E-state index in [0.717, 1.165) is 39.0 Å². The van der Waals surface area contributed by atoms with Gasteiger partial charge in [0, 0.05) is 44.3 Å². The van der Waals surface area contributed by atoms with Gasteiger partial charge in [0.15, 0.2) is 11.6 Å². The van der Waals surface area contributed by atoms with Crippen molar-refractivity contribution in [2.24, 2.45) is 5.41 Å². The molecule has 9 heteroatoms. The normalized spacial score (nSPS) is 18.6. The van der Waals surface area contributed by atoms with Crippen LogP contribution in [-0.2, 0) is 4.74 Å². The van der Waals surface area contributed by atoms with E-state index in [2.05, 4.69) is 15.3 Å². The van der Waals surface area contributed by atoms with Crippen molar-refractivity contribution in [2.45, 2.75) is 32.2 Å². The monoisotopic (exact) mass is 427 g/mol. The van der Waals surface area contributed by atoms with Gasteiger partial charge >= 0.3 is 0 Å². The molecule has 1 N–H and O–H groups in total. The lowest BCUT2D eigenvalue weighted by Crippen LogP contribution is -2.35. The molecule has 0 saturated carbocycles. The second-order valence-corrected chi connectivity index (χ2v) is 8.19. The second kappa shape index (κ2) is 8.55. The average molecular weight is 427 g/mol. The van der Waals surface area contributed by atoms with Crippen LogP contribution in [0.3, 0.4) is 0 Å². The highest BCUT2D eigenvalue weighted by molar-refractivity contribution is 5.94. The number of hydrogen-bond donors (Lipinski definition) is 1. The minimum atomic E-state index is -1.18. The molecule has 2 saturated heterocycles. The van der Waals surface area contributed by atoms with Crippen molar-refractivity contribution in [1.29, 1.82) is 5.26 Å². The zero-order chi connectivity index (χ0) is 22.0. The molecule has 2 aliphatic rings. The lowest BCUT2D eigenvalue weighted by atomic mass is 9.80. The van der Waals surface area contributed by atoms with Gasteiger partial charge in [-0.15, -0.1) is 0 Å².